The van der Waals surface area contributed by atoms with Crippen molar-refractivity contribution in [2.75, 3.05) is 14.2 Å². The van der Waals surface area contributed by atoms with Crippen molar-refractivity contribution in [3.05, 3.63) is 53.9 Å². The zero-order chi connectivity index (χ0) is 15.9. The Balaban J connectivity index is 2.12. The van der Waals surface area contributed by atoms with Gasteiger partial charge in [-0.3, -0.25) is 0 Å². The van der Waals surface area contributed by atoms with E-state index in [1.54, 1.807) is 36.5 Å². The number of aromatic nitrogens is 1. The van der Waals surface area contributed by atoms with Crippen LogP contribution in [0.25, 0.3) is 0 Å². The van der Waals surface area contributed by atoms with Crippen molar-refractivity contribution in [2.45, 2.75) is 0 Å². The van der Waals surface area contributed by atoms with Gasteiger partial charge in [-0.25, -0.2) is 9.78 Å². The number of hydrogen-bond acceptors (Lipinski definition) is 5. The summed E-state index contributed by atoms with van der Waals surface area (Å²) in [7, 11) is 2.99. The molecule has 0 saturated carbocycles. The van der Waals surface area contributed by atoms with Crippen LogP contribution >= 0.6 is 0 Å². The minimum absolute atomic E-state index is 0.0643. The van der Waals surface area contributed by atoms with Crippen molar-refractivity contribution >= 4 is 11.8 Å². The molecule has 0 amide bonds. The lowest BCUT2D eigenvalue weighted by Crippen LogP contribution is -2.24. The molecule has 7 nitrogen and oxygen atoms in total. The molecule has 3 N–H and O–H groups in total. The molecular formula is C15H16N3O4+. The largest absolute Gasteiger partial charge is 0.493 e. The molecule has 22 heavy (non-hydrogen) atoms. The Labute approximate surface area is 127 Å². The first-order valence-electron chi connectivity index (χ1n) is 6.39. The molecule has 0 aliphatic carbocycles. The number of nitrogens with one attached hydrogen (secondary N) is 1. The zero-order valence-electron chi connectivity index (χ0n) is 12.2. The van der Waals surface area contributed by atoms with Gasteiger partial charge in [0.05, 0.1) is 19.8 Å². The van der Waals surface area contributed by atoms with Crippen molar-refractivity contribution in [2.24, 2.45) is 10.9 Å². The van der Waals surface area contributed by atoms with Gasteiger partial charge >= 0.3 is 5.97 Å². The van der Waals surface area contributed by atoms with Gasteiger partial charge in [-0.2, -0.15) is 0 Å². The Kier molecular flexibility index (Phi) is 4.92. The van der Waals surface area contributed by atoms with E-state index < -0.39 is 5.97 Å². The Morgan fingerprint density at radius 3 is 2.55 bits per heavy atom. The SMILES string of the molecule is COc1ccc(C(=O)ON=C(N)c2cccc[nH+]2)cc1OC. The maximum atomic E-state index is 12.0. The number of nitrogens with zero attached hydrogens (tertiary/aromatic N) is 1. The Morgan fingerprint density at radius 1 is 1.14 bits per heavy atom. The summed E-state index contributed by atoms with van der Waals surface area (Å²) in [6.07, 6.45) is 1.69. The number of benzene rings is 1. The first-order valence-corrected chi connectivity index (χ1v) is 6.39. The Bertz CT molecular complexity index is 686. The average Bonchev–Trinajstić information content (AvgIpc) is 2.59. The quantitative estimate of drug-likeness (QED) is 0.384. The number of ether oxygens (including phenoxy) is 2. The standard InChI is InChI=1S/C15H15N3O4/c1-20-12-7-6-10(9-13(12)21-2)15(19)22-18-14(16)11-5-3-4-8-17-11/h3-9H,1-2H3,(H2,16,18)/p+1. The van der Waals surface area contributed by atoms with Gasteiger partial charge in [-0.1, -0.05) is 5.16 Å². The minimum atomic E-state index is -0.653. The van der Waals surface area contributed by atoms with Crippen LogP contribution in [0.3, 0.4) is 0 Å². The van der Waals surface area contributed by atoms with Crippen LogP contribution in [-0.2, 0) is 4.84 Å². The van der Waals surface area contributed by atoms with Gasteiger partial charge in [0, 0.05) is 12.1 Å². The van der Waals surface area contributed by atoms with E-state index >= 15 is 0 Å². The summed E-state index contributed by atoms with van der Waals surface area (Å²) in [4.78, 5) is 19.7. The molecule has 2 aromatic rings. The number of oxime groups is 1. The molecule has 0 aliphatic heterocycles. The van der Waals surface area contributed by atoms with Crippen LogP contribution in [0.4, 0.5) is 0 Å². The molecule has 0 unspecified atom stereocenters. The second-order valence-corrected chi connectivity index (χ2v) is 4.20. The molecule has 1 aromatic heterocycles. The number of amidine groups is 1. The monoisotopic (exact) mass is 302 g/mol. The highest BCUT2D eigenvalue weighted by Crippen LogP contribution is 2.27. The molecule has 7 heteroatoms. The molecule has 0 atom stereocenters. The number of H-pyrrole nitrogens is 1. The van der Waals surface area contributed by atoms with Gasteiger partial charge in [0.25, 0.3) is 0 Å². The maximum absolute atomic E-state index is 12.0. The third-order valence-corrected chi connectivity index (χ3v) is 2.83. The van der Waals surface area contributed by atoms with E-state index in [4.69, 9.17) is 20.0 Å². The number of carbonyl (C=O) groups excluding carboxylic acids is 1. The molecule has 0 spiro atoms. The molecule has 0 radical (unpaired) electrons. The second kappa shape index (κ2) is 7.07. The van der Waals surface area contributed by atoms with E-state index in [0.717, 1.165) is 0 Å². The van der Waals surface area contributed by atoms with E-state index in [1.807, 2.05) is 0 Å². The molecule has 0 bridgehead atoms. The average molecular weight is 302 g/mol. The summed E-state index contributed by atoms with van der Waals surface area (Å²) in [5.41, 5.74) is 6.53. The predicted molar refractivity (Wildman–Crippen MR) is 78.7 cm³/mol. The molecule has 2 rings (SSSR count). The van der Waals surface area contributed by atoms with Gasteiger partial charge in [-0.15, -0.1) is 0 Å². The van der Waals surface area contributed by atoms with E-state index in [-0.39, 0.29) is 11.4 Å². The molecule has 114 valence electrons. The Morgan fingerprint density at radius 2 is 1.91 bits per heavy atom. The molecule has 0 saturated heterocycles. The zero-order valence-corrected chi connectivity index (χ0v) is 12.2. The number of pyridine rings is 1. The first kappa shape index (κ1) is 15.3. The maximum Gasteiger partial charge on any atom is 0.365 e. The van der Waals surface area contributed by atoms with Gasteiger partial charge in [0.15, 0.2) is 17.7 Å². The minimum Gasteiger partial charge on any atom is -0.493 e. The lowest BCUT2D eigenvalue weighted by molar-refractivity contribution is -0.380. The van der Waals surface area contributed by atoms with E-state index in [2.05, 4.69) is 10.1 Å². The van der Waals surface area contributed by atoms with Gasteiger partial charge < -0.3 is 20.0 Å². The van der Waals surface area contributed by atoms with Crippen molar-refractivity contribution in [3.8, 4) is 11.5 Å². The normalized spacial score (nSPS) is 10.9. The highest BCUT2D eigenvalue weighted by Gasteiger charge is 2.13. The van der Waals surface area contributed by atoms with E-state index in [9.17, 15) is 4.79 Å². The van der Waals surface area contributed by atoms with Crippen molar-refractivity contribution in [3.63, 3.8) is 0 Å². The highest BCUT2D eigenvalue weighted by molar-refractivity contribution is 5.95. The fourth-order valence-electron chi connectivity index (χ4n) is 1.71. The molecule has 1 aromatic carbocycles. The van der Waals surface area contributed by atoms with E-state index in [0.29, 0.717) is 17.2 Å². The first-order chi connectivity index (χ1) is 10.7. The number of aromatic amines is 1. The van der Waals surface area contributed by atoms with Crippen LogP contribution in [0.5, 0.6) is 11.5 Å². The van der Waals surface area contributed by atoms with Gasteiger partial charge in [0.1, 0.15) is 0 Å². The number of nitrogens with two attached hydrogens (primary N) is 1. The van der Waals surface area contributed by atoms with Crippen molar-refractivity contribution < 1.29 is 24.1 Å². The lowest BCUT2D eigenvalue weighted by Gasteiger charge is -2.08. The molecule has 0 fully saturated rings. The fourth-order valence-corrected chi connectivity index (χ4v) is 1.71. The van der Waals surface area contributed by atoms with Gasteiger partial charge in [-0.05, 0) is 24.3 Å². The number of rotatable bonds is 5. The third kappa shape index (κ3) is 3.51. The summed E-state index contributed by atoms with van der Waals surface area (Å²) in [6, 6.07) is 9.94. The number of carbonyl (C=O) groups is 1. The van der Waals surface area contributed by atoms with Crippen molar-refractivity contribution in [1.82, 2.24) is 0 Å². The highest BCUT2D eigenvalue weighted by atomic mass is 16.7. The number of methoxy groups -OCH3 is 2. The second-order valence-electron chi connectivity index (χ2n) is 4.20. The van der Waals surface area contributed by atoms with Crippen LogP contribution in [0.1, 0.15) is 16.1 Å². The fraction of sp³-hybridized carbons (Fsp3) is 0.133. The van der Waals surface area contributed by atoms with E-state index in [1.165, 1.54) is 20.3 Å². The summed E-state index contributed by atoms with van der Waals surface area (Å²) in [6.45, 7) is 0. The topological polar surface area (TPSA) is 97.3 Å². The smallest absolute Gasteiger partial charge is 0.365 e. The Hall–Kier alpha value is -3.09. The summed E-state index contributed by atoms with van der Waals surface area (Å²) in [5.74, 6) is 0.348. The predicted octanol–water partition coefficient (Wildman–Crippen LogP) is 0.995. The van der Waals surface area contributed by atoms with Crippen LogP contribution in [0.2, 0.25) is 0 Å². The summed E-state index contributed by atoms with van der Waals surface area (Å²) in [5, 5.41) is 3.61. The summed E-state index contributed by atoms with van der Waals surface area (Å²) < 4.78 is 10.2. The molecular weight excluding hydrogens is 286 g/mol. The third-order valence-electron chi connectivity index (χ3n) is 2.83. The lowest BCUT2D eigenvalue weighted by atomic mass is 10.2. The van der Waals surface area contributed by atoms with Crippen molar-refractivity contribution in [1.29, 1.82) is 0 Å². The number of hydrogen-bond donors (Lipinski definition) is 1. The van der Waals surface area contributed by atoms with Gasteiger partial charge in [0.2, 0.25) is 11.5 Å². The summed E-state index contributed by atoms with van der Waals surface area (Å²) >= 11 is 0. The van der Waals surface area contributed by atoms with Crippen LogP contribution < -0.4 is 20.2 Å². The molecule has 0 aliphatic rings. The van der Waals surface area contributed by atoms with Crippen LogP contribution in [0.15, 0.2) is 47.8 Å². The molecule has 1 heterocycles. The van der Waals surface area contributed by atoms with Crippen LogP contribution in [-0.4, -0.2) is 26.0 Å². The van der Waals surface area contributed by atoms with Crippen LogP contribution in [0, 0.1) is 0 Å².